The first-order valence-electron chi connectivity index (χ1n) is 10.9. The second kappa shape index (κ2) is 8.68. The Labute approximate surface area is 194 Å². The number of aromatic nitrogens is 1. The summed E-state index contributed by atoms with van der Waals surface area (Å²) in [5, 5.41) is 9.98. The average Bonchev–Trinajstić information content (AvgIpc) is 2.82. The van der Waals surface area contributed by atoms with E-state index in [2.05, 4.69) is 45.0 Å². The van der Waals surface area contributed by atoms with Crippen molar-refractivity contribution < 1.29 is 14.7 Å². The summed E-state index contributed by atoms with van der Waals surface area (Å²) in [6.07, 6.45) is 0. The van der Waals surface area contributed by atoms with Gasteiger partial charge in [-0.25, -0.2) is 10.5 Å². The minimum absolute atomic E-state index is 0.109. The van der Waals surface area contributed by atoms with E-state index in [4.69, 9.17) is 9.72 Å². The lowest BCUT2D eigenvalue weighted by Crippen LogP contribution is -2.20. The number of carbonyl (C=O) groups excluding carboxylic acids is 1. The highest BCUT2D eigenvalue weighted by atomic mass is 16.5. The van der Waals surface area contributed by atoms with Gasteiger partial charge in [0.2, 0.25) is 0 Å². The molecule has 0 radical (unpaired) electrons. The number of amides is 1. The molecule has 1 aromatic heterocycles. The fraction of sp³-hybridized carbons (Fsp3) is 0.214. The summed E-state index contributed by atoms with van der Waals surface area (Å²) in [7, 11) is 1.50. The third kappa shape index (κ3) is 4.32. The fourth-order valence-corrected chi connectivity index (χ4v) is 4.02. The summed E-state index contributed by atoms with van der Waals surface area (Å²) in [5.74, 6) is -0.316. The van der Waals surface area contributed by atoms with Gasteiger partial charge in [0.15, 0.2) is 5.75 Å². The first-order valence-corrected chi connectivity index (χ1v) is 10.9. The standard InChI is InChI=1S/C28H28N2O3/c1-17-6-15-23-22(16-17)24(27(31)30-32)26(33-5)25(29-23)20-9-7-18(8-10-20)19-11-13-21(14-12-19)28(2,3)4/h6-16,32H,1-5H3,(H,30,31). The molecule has 0 aliphatic heterocycles. The summed E-state index contributed by atoms with van der Waals surface area (Å²) >= 11 is 0. The van der Waals surface area contributed by atoms with Crippen molar-refractivity contribution in [3.05, 3.63) is 83.4 Å². The SMILES string of the molecule is COc1c(-c2ccc(-c3ccc(C(C)(C)C)cc3)cc2)nc2ccc(C)cc2c1C(=O)NO. The highest BCUT2D eigenvalue weighted by molar-refractivity contribution is 6.10. The van der Waals surface area contributed by atoms with E-state index in [1.807, 2.05) is 49.4 Å². The van der Waals surface area contributed by atoms with Gasteiger partial charge in [-0.05, 0) is 41.2 Å². The van der Waals surface area contributed by atoms with Crippen LogP contribution in [-0.2, 0) is 5.41 Å². The Balaban J connectivity index is 1.81. The van der Waals surface area contributed by atoms with Crippen LogP contribution < -0.4 is 10.2 Å². The van der Waals surface area contributed by atoms with Crippen LogP contribution in [0.15, 0.2) is 66.7 Å². The van der Waals surface area contributed by atoms with Crippen LogP contribution in [0.3, 0.4) is 0 Å². The van der Waals surface area contributed by atoms with Crippen LogP contribution >= 0.6 is 0 Å². The van der Waals surface area contributed by atoms with Crippen molar-refractivity contribution in [2.45, 2.75) is 33.1 Å². The molecule has 0 saturated heterocycles. The number of nitrogens with zero attached hydrogens (tertiary/aromatic N) is 1. The smallest absolute Gasteiger partial charge is 0.279 e. The van der Waals surface area contributed by atoms with E-state index in [9.17, 15) is 10.0 Å². The number of pyridine rings is 1. The van der Waals surface area contributed by atoms with E-state index in [0.717, 1.165) is 22.3 Å². The molecule has 0 aliphatic rings. The number of hydrogen-bond acceptors (Lipinski definition) is 4. The van der Waals surface area contributed by atoms with Crippen molar-refractivity contribution in [1.82, 2.24) is 10.5 Å². The minimum Gasteiger partial charge on any atom is -0.494 e. The number of aryl methyl sites for hydroxylation is 1. The van der Waals surface area contributed by atoms with E-state index in [-0.39, 0.29) is 11.0 Å². The lowest BCUT2D eigenvalue weighted by molar-refractivity contribution is 0.0705. The molecule has 0 saturated carbocycles. The Morgan fingerprint density at radius 1 is 0.909 bits per heavy atom. The predicted molar refractivity (Wildman–Crippen MR) is 132 cm³/mol. The number of ether oxygens (including phenoxy) is 1. The number of carbonyl (C=O) groups is 1. The van der Waals surface area contributed by atoms with Crippen molar-refractivity contribution in [2.75, 3.05) is 7.11 Å². The Kier molecular flexibility index (Phi) is 5.91. The first-order chi connectivity index (χ1) is 15.7. The van der Waals surface area contributed by atoms with Crippen molar-refractivity contribution in [2.24, 2.45) is 0 Å². The fourth-order valence-electron chi connectivity index (χ4n) is 4.02. The summed E-state index contributed by atoms with van der Waals surface area (Å²) < 4.78 is 5.63. The summed E-state index contributed by atoms with van der Waals surface area (Å²) in [6.45, 7) is 8.54. The maximum atomic E-state index is 12.6. The van der Waals surface area contributed by atoms with Gasteiger partial charge in [0, 0.05) is 10.9 Å². The van der Waals surface area contributed by atoms with Gasteiger partial charge < -0.3 is 4.74 Å². The predicted octanol–water partition coefficient (Wildman–Crippen LogP) is 6.30. The Bertz CT molecular complexity index is 1320. The van der Waals surface area contributed by atoms with Crippen molar-refractivity contribution in [1.29, 1.82) is 0 Å². The van der Waals surface area contributed by atoms with E-state index in [1.165, 1.54) is 12.7 Å². The second-order valence-electron chi connectivity index (χ2n) is 9.23. The molecule has 1 heterocycles. The first kappa shape index (κ1) is 22.5. The molecule has 0 bridgehead atoms. The van der Waals surface area contributed by atoms with Crippen LogP contribution in [0.4, 0.5) is 0 Å². The van der Waals surface area contributed by atoms with Gasteiger partial charge in [-0.1, -0.05) is 80.9 Å². The van der Waals surface area contributed by atoms with Gasteiger partial charge in [-0.3, -0.25) is 10.0 Å². The minimum atomic E-state index is -0.637. The zero-order chi connectivity index (χ0) is 23.8. The molecule has 0 aliphatic carbocycles. The molecule has 4 aromatic rings. The summed E-state index contributed by atoms with van der Waals surface area (Å²) in [4.78, 5) is 17.4. The molecule has 1 amide bonds. The Morgan fingerprint density at radius 3 is 2.03 bits per heavy atom. The van der Waals surface area contributed by atoms with Crippen LogP contribution in [0, 0.1) is 6.92 Å². The van der Waals surface area contributed by atoms with Crippen molar-refractivity contribution >= 4 is 16.8 Å². The molecular weight excluding hydrogens is 412 g/mol. The van der Waals surface area contributed by atoms with E-state index >= 15 is 0 Å². The molecule has 168 valence electrons. The topological polar surface area (TPSA) is 71.5 Å². The number of hydrogen-bond donors (Lipinski definition) is 2. The maximum Gasteiger partial charge on any atom is 0.279 e. The second-order valence-corrected chi connectivity index (χ2v) is 9.23. The van der Waals surface area contributed by atoms with Gasteiger partial charge in [0.05, 0.1) is 18.2 Å². The van der Waals surface area contributed by atoms with Crippen molar-refractivity contribution in [3.63, 3.8) is 0 Å². The van der Waals surface area contributed by atoms with Crippen LogP contribution in [0.25, 0.3) is 33.3 Å². The van der Waals surface area contributed by atoms with Crippen LogP contribution in [0.1, 0.15) is 42.3 Å². The number of nitrogens with one attached hydrogen (secondary N) is 1. The van der Waals surface area contributed by atoms with Crippen LogP contribution in [-0.4, -0.2) is 23.2 Å². The number of benzene rings is 3. The third-order valence-corrected chi connectivity index (χ3v) is 5.87. The molecule has 4 rings (SSSR count). The van der Waals surface area contributed by atoms with Crippen LogP contribution in [0.5, 0.6) is 5.75 Å². The van der Waals surface area contributed by atoms with E-state index in [1.54, 1.807) is 5.48 Å². The van der Waals surface area contributed by atoms with E-state index < -0.39 is 5.91 Å². The summed E-state index contributed by atoms with van der Waals surface area (Å²) in [6, 6.07) is 22.3. The molecule has 0 unspecified atom stereocenters. The van der Waals surface area contributed by atoms with Crippen molar-refractivity contribution in [3.8, 4) is 28.1 Å². The molecule has 33 heavy (non-hydrogen) atoms. The molecule has 5 heteroatoms. The average molecular weight is 441 g/mol. The monoisotopic (exact) mass is 440 g/mol. The zero-order valence-electron chi connectivity index (χ0n) is 19.6. The highest BCUT2D eigenvalue weighted by Crippen LogP contribution is 2.37. The Morgan fingerprint density at radius 2 is 1.48 bits per heavy atom. The highest BCUT2D eigenvalue weighted by Gasteiger charge is 2.22. The molecule has 3 aromatic carbocycles. The number of hydroxylamine groups is 1. The lowest BCUT2D eigenvalue weighted by Gasteiger charge is -2.19. The molecule has 0 spiro atoms. The van der Waals surface area contributed by atoms with Crippen LogP contribution in [0.2, 0.25) is 0 Å². The summed E-state index contributed by atoms with van der Waals surface area (Å²) in [5.41, 5.74) is 8.60. The molecule has 5 nitrogen and oxygen atoms in total. The third-order valence-electron chi connectivity index (χ3n) is 5.87. The van der Waals surface area contributed by atoms with E-state index in [0.29, 0.717) is 22.3 Å². The van der Waals surface area contributed by atoms with Gasteiger partial charge >= 0.3 is 0 Å². The number of rotatable bonds is 4. The quantitative estimate of drug-likeness (QED) is 0.288. The lowest BCUT2D eigenvalue weighted by atomic mass is 9.86. The molecule has 2 N–H and O–H groups in total. The molecular formula is C28H28N2O3. The van der Waals surface area contributed by atoms with Gasteiger partial charge in [0.1, 0.15) is 5.69 Å². The molecule has 0 atom stereocenters. The largest absolute Gasteiger partial charge is 0.494 e. The number of methoxy groups -OCH3 is 1. The number of fused-ring (bicyclic) bond motifs is 1. The van der Waals surface area contributed by atoms with Gasteiger partial charge in [-0.15, -0.1) is 0 Å². The van der Waals surface area contributed by atoms with Gasteiger partial charge in [-0.2, -0.15) is 0 Å². The van der Waals surface area contributed by atoms with Gasteiger partial charge in [0.25, 0.3) is 5.91 Å². The normalized spacial score (nSPS) is 11.5. The maximum absolute atomic E-state index is 12.6. The Hall–Kier alpha value is -3.70. The zero-order valence-corrected chi connectivity index (χ0v) is 19.6. The molecule has 0 fully saturated rings.